The molecule has 2 aromatic rings. The van der Waals surface area contributed by atoms with Gasteiger partial charge in [-0.2, -0.15) is 0 Å². The lowest BCUT2D eigenvalue weighted by Gasteiger charge is -2.34. The van der Waals surface area contributed by atoms with Crippen LogP contribution in [0.15, 0.2) is 36.7 Å². The van der Waals surface area contributed by atoms with E-state index in [9.17, 15) is 0 Å². The lowest BCUT2D eigenvalue weighted by atomic mass is 9.97. The van der Waals surface area contributed by atoms with E-state index in [1.54, 1.807) is 0 Å². The molecule has 0 radical (unpaired) electrons. The summed E-state index contributed by atoms with van der Waals surface area (Å²) in [6.07, 6.45) is 13.2. The molecule has 27 heavy (non-hydrogen) atoms. The zero-order valence-electron chi connectivity index (χ0n) is 15.7. The van der Waals surface area contributed by atoms with E-state index >= 15 is 0 Å². The van der Waals surface area contributed by atoms with Crippen molar-refractivity contribution in [2.24, 2.45) is 0 Å². The summed E-state index contributed by atoms with van der Waals surface area (Å²) in [5.74, 6) is 0.799. The lowest BCUT2D eigenvalue weighted by molar-refractivity contribution is -0.0396. The van der Waals surface area contributed by atoms with Crippen LogP contribution in [-0.4, -0.2) is 35.3 Å². The highest BCUT2D eigenvalue weighted by Crippen LogP contribution is 2.26. The van der Waals surface area contributed by atoms with Crippen LogP contribution < -0.4 is 4.90 Å². The van der Waals surface area contributed by atoms with Gasteiger partial charge in [0.25, 0.3) is 0 Å². The normalized spacial score (nSPS) is 19.0. The van der Waals surface area contributed by atoms with E-state index in [0.29, 0.717) is 17.9 Å². The predicted octanol–water partition coefficient (Wildman–Crippen LogP) is 5.01. The highest BCUT2D eigenvalue weighted by molar-refractivity contribution is 5.65. The summed E-state index contributed by atoms with van der Waals surface area (Å²) in [5.41, 5.74) is 2.66. The third-order valence-electron chi connectivity index (χ3n) is 5.63. The Morgan fingerprint density at radius 1 is 0.852 bits per heavy atom. The van der Waals surface area contributed by atoms with Crippen LogP contribution in [0.1, 0.15) is 44.9 Å². The van der Waals surface area contributed by atoms with E-state index in [4.69, 9.17) is 11.3 Å². The Bertz CT molecular complexity index is 767. The Kier molecular flexibility index (Phi) is 5.64. The first kappa shape index (κ1) is 17.9. The second-order valence-corrected chi connectivity index (χ2v) is 7.51. The average Bonchev–Trinajstić information content (AvgIpc) is 2.75. The second kappa shape index (κ2) is 8.49. The molecule has 2 heterocycles. The average molecular weight is 362 g/mol. The van der Waals surface area contributed by atoms with Gasteiger partial charge >= 0.3 is 0 Å². The van der Waals surface area contributed by atoms with Gasteiger partial charge in [0.2, 0.25) is 5.95 Å². The maximum absolute atomic E-state index is 7.03. The predicted molar refractivity (Wildman–Crippen MR) is 107 cm³/mol. The van der Waals surface area contributed by atoms with Gasteiger partial charge in [0.15, 0.2) is 5.69 Å². The minimum Gasteiger partial charge on any atom is -0.375 e. The Labute approximate surface area is 161 Å². The van der Waals surface area contributed by atoms with E-state index in [1.165, 1.54) is 32.1 Å². The summed E-state index contributed by atoms with van der Waals surface area (Å²) < 4.78 is 6.32. The van der Waals surface area contributed by atoms with Crippen molar-refractivity contribution in [3.8, 4) is 11.1 Å². The van der Waals surface area contributed by atoms with Gasteiger partial charge in [-0.05, 0) is 31.2 Å². The monoisotopic (exact) mass is 362 g/mol. The van der Waals surface area contributed by atoms with Crippen LogP contribution in [0, 0.1) is 6.57 Å². The van der Waals surface area contributed by atoms with Crippen molar-refractivity contribution in [1.29, 1.82) is 0 Å². The molecular formula is C22H26N4O. The van der Waals surface area contributed by atoms with Crippen LogP contribution in [-0.2, 0) is 4.74 Å². The Morgan fingerprint density at radius 2 is 1.48 bits per heavy atom. The molecule has 0 bridgehead atoms. The molecule has 1 aliphatic carbocycles. The van der Waals surface area contributed by atoms with Gasteiger partial charge in [-0.15, -0.1) is 0 Å². The number of piperidine rings is 1. The number of aromatic nitrogens is 2. The first-order chi connectivity index (χ1) is 13.3. The fourth-order valence-corrected chi connectivity index (χ4v) is 4.03. The molecule has 1 aliphatic heterocycles. The van der Waals surface area contributed by atoms with Crippen molar-refractivity contribution >= 4 is 11.6 Å². The highest BCUT2D eigenvalue weighted by Gasteiger charge is 2.25. The van der Waals surface area contributed by atoms with Crippen molar-refractivity contribution < 1.29 is 4.74 Å². The molecule has 0 N–H and O–H groups in total. The van der Waals surface area contributed by atoms with Crippen LogP contribution in [0.5, 0.6) is 0 Å². The molecule has 5 heteroatoms. The zero-order valence-corrected chi connectivity index (χ0v) is 15.7. The number of hydrogen-bond acceptors (Lipinski definition) is 4. The summed E-state index contributed by atoms with van der Waals surface area (Å²) in [7, 11) is 0. The van der Waals surface area contributed by atoms with Crippen LogP contribution in [0.3, 0.4) is 0 Å². The number of hydrogen-bond donors (Lipinski definition) is 0. The molecule has 0 spiro atoms. The first-order valence-electron chi connectivity index (χ1n) is 10.0. The van der Waals surface area contributed by atoms with E-state index in [-0.39, 0.29) is 0 Å². The van der Waals surface area contributed by atoms with Gasteiger partial charge < -0.3 is 9.64 Å². The molecule has 1 aromatic heterocycles. The van der Waals surface area contributed by atoms with Gasteiger partial charge in [-0.3, -0.25) is 0 Å². The number of rotatable bonds is 4. The molecule has 5 nitrogen and oxygen atoms in total. The minimum absolute atomic E-state index is 0.393. The van der Waals surface area contributed by atoms with Crippen molar-refractivity contribution in [1.82, 2.24) is 9.97 Å². The highest BCUT2D eigenvalue weighted by atomic mass is 16.5. The zero-order chi connectivity index (χ0) is 18.5. The molecule has 0 amide bonds. The van der Waals surface area contributed by atoms with E-state index < -0.39 is 0 Å². The number of nitrogens with zero attached hydrogens (tertiary/aromatic N) is 4. The minimum atomic E-state index is 0.393. The first-order valence-corrected chi connectivity index (χ1v) is 10.0. The van der Waals surface area contributed by atoms with Gasteiger partial charge in [-0.1, -0.05) is 43.5 Å². The van der Waals surface area contributed by atoms with Crippen molar-refractivity contribution in [2.75, 3.05) is 18.0 Å². The van der Waals surface area contributed by atoms with Crippen LogP contribution in [0.25, 0.3) is 16.0 Å². The Hall–Kier alpha value is -2.45. The van der Waals surface area contributed by atoms with Crippen LogP contribution in [0.4, 0.5) is 11.6 Å². The lowest BCUT2D eigenvalue weighted by Crippen LogP contribution is -2.39. The van der Waals surface area contributed by atoms with Gasteiger partial charge in [-0.25, -0.2) is 14.8 Å². The quantitative estimate of drug-likeness (QED) is 0.717. The molecule has 1 saturated carbocycles. The summed E-state index contributed by atoms with van der Waals surface area (Å²) in [5, 5.41) is 0. The molecule has 2 aliphatic rings. The Balaban J connectivity index is 1.32. The summed E-state index contributed by atoms with van der Waals surface area (Å²) in [4.78, 5) is 14.8. The number of benzene rings is 1. The fraction of sp³-hybridized carbons (Fsp3) is 0.500. The summed E-state index contributed by atoms with van der Waals surface area (Å²) in [6, 6.07) is 7.54. The molecule has 2 fully saturated rings. The molecule has 0 atom stereocenters. The largest absolute Gasteiger partial charge is 0.375 e. The summed E-state index contributed by atoms with van der Waals surface area (Å²) >= 11 is 0. The molecule has 1 aromatic carbocycles. The third-order valence-corrected chi connectivity index (χ3v) is 5.63. The smallest absolute Gasteiger partial charge is 0.225 e. The third kappa shape index (κ3) is 4.45. The van der Waals surface area contributed by atoms with Crippen LogP contribution >= 0.6 is 0 Å². The van der Waals surface area contributed by atoms with Crippen molar-refractivity contribution in [3.05, 3.63) is 48.1 Å². The maximum Gasteiger partial charge on any atom is 0.225 e. The molecule has 0 unspecified atom stereocenters. The van der Waals surface area contributed by atoms with Crippen molar-refractivity contribution in [3.63, 3.8) is 0 Å². The second-order valence-electron chi connectivity index (χ2n) is 7.51. The topological polar surface area (TPSA) is 42.6 Å². The fourth-order valence-electron chi connectivity index (χ4n) is 4.03. The van der Waals surface area contributed by atoms with Gasteiger partial charge in [0.1, 0.15) is 0 Å². The van der Waals surface area contributed by atoms with Gasteiger partial charge in [0, 0.05) is 31.0 Å². The molecule has 4 rings (SSSR count). The van der Waals surface area contributed by atoms with E-state index in [0.717, 1.165) is 43.0 Å². The van der Waals surface area contributed by atoms with E-state index in [1.807, 2.05) is 36.7 Å². The van der Waals surface area contributed by atoms with Crippen LogP contribution in [0.2, 0.25) is 0 Å². The molecular weight excluding hydrogens is 336 g/mol. The van der Waals surface area contributed by atoms with E-state index in [2.05, 4.69) is 19.7 Å². The number of anilines is 1. The molecule has 1 saturated heterocycles. The standard InChI is InChI=1S/C22H26N4O/c1-23-19-9-7-17(8-10-19)18-15-24-22(25-16-18)26-13-11-21(12-14-26)27-20-5-3-2-4-6-20/h7-10,15-16,20-21H,2-6,11-14H2. The number of ether oxygens (including phenoxy) is 1. The summed E-state index contributed by atoms with van der Waals surface area (Å²) in [6.45, 7) is 8.94. The molecule has 140 valence electrons. The van der Waals surface area contributed by atoms with Crippen molar-refractivity contribution in [2.45, 2.75) is 57.2 Å². The SMILES string of the molecule is [C-]#[N+]c1ccc(-c2cnc(N3CCC(OC4CCCCC4)CC3)nc2)cc1. The van der Waals surface area contributed by atoms with Gasteiger partial charge in [0.05, 0.1) is 18.8 Å². The maximum atomic E-state index is 7.03. The Morgan fingerprint density at radius 3 is 2.11 bits per heavy atom.